The van der Waals surface area contributed by atoms with Crippen LogP contribution in [-0.4, -0.2) is 31.3 Å². The van der Waals surface area contributed by atoms with Crippen LogP contribution in [0.4, 0.5) is 0 Å². The number of ether oxygens (including phenoxy) is 1. The number of furan rings is 1. The van der Waals surface area contributed by atoms with Gasteiger partial charge in [-0.2, -0.15) is 0 Å². The van der Waals surface area contributed by atoms with Crippen molar-refractivity contribution in [3.8, 4) is 0 Å². The molecule has 19 heavy (non-hydrogen) atoms. The Morgan fingerprint density at radius 2 is 2.21 bits per heavy atom. The highest BCUT2D eigenvalue weighted by Crippen LogP contribution is 2.27. The van der Waals surface area contributed by atoms with Crippen LogP contribution in [0.3, 0.4) is 0 Å². The lowest BCUT2D eigenvalue weighted by molar-refractivity contribution is -0.126. The molecule has 2 N–H and O–H groups in total. The molecule has 2 rings (SSSR count). The Morgan fingerprint density at radius 3 is 2.89 bits per heavy atom. The molecule has 102 valence electrons. The normalized spacial score (nSPS) is 14.3. The summed E-state index contributed by atoms with van der Waals surface area (Å²) in [5.74, 6) is 0.144. The van der Waals surface area contributed by atoms with Gasteiger partial charge in [0.15, 0.2) is 0 Å². The molecule has 1 aromatic carbocycles. The van der Waals surface area contributed by atoms with E-state index in [0.29, 0.717) is 11.3 Å². The van der Waals surface area contributed by atoms with Crippen LogP contribution >= 0.6 is 0 Å². The number of nitrogens with one attached hydrogen (secondary N) is 1. The highest BCUT2D eigenvalue weighted by molar-refractivity contribution is 5.78. The average molecular weight is 263 g/mol. The van der Waals surface area contributed by atoms with E-state index in [-0.39, 0.29) is 19.1 Å². The van der Waals surface area contributed by atoms with Crippen molar-refractivity contribution >= 4 is 16.9 Å². The molecule has 1 atom stereocenters. The minimum Gasteiger partial charge on any atom is -0.458 e. The van der Waals surface area contributed by atoms with E-state index in [1.54, 1.807) is 13.0 Å². The Kier molecular flexibility index (Phi) is 3.87. The summed E-state index contributed by atoms with van der Waals surface area (Å²) in [5.41, 5.74) is -0.552. The van der Waals surface area contributed by atoms with Crippen LogP contribution in [0.1, 0.15) is 12.7 Å². The van der Waals surface area contributed by atoms with Crippen LogP contribution in [0.2, 0.25) is 0 Å². The topological polar surface area (TPSA) is 71.7 Å². The predicted octanol–water partition coefficient (Wildman–Crippen LogP) is 1.40. The third-order valence-corrected chi connectivity index (χ3v) is 2.86. The van der Waals surface area contributed by atoms with E-state index in [2.05, 4.69) is 5.32 Å². The summed E-state index contributed by atoms with van der Waals surface area (Å²) in [5, 5.41) is 13.9. The molecule has 1 aromatic heterocycles. The van der Waals surface area contributed by atoms with Crippen LogP contribution in [0, 0.1) is 0 Å². The molecule has 0 aliphatic heterocycles. The number of benzene rings is 1. The molecule has 0 radical (unpaired) electrons. The molecule has 0 saturated carbocycles. The van der Waals surface area contributed by atoms with Crippen LogP contribution in [0.15, 0.2) is 34.7 Å². The standard InChI is InChI=1S/C14H17NO4/c1-14(17,9-15-13(16)8-18-2)12-7-10-5-3-4-6-11(10)19-12/h3-7,17H,8-9H2,1-2H3,(H,15,16)/t14-/m0/s1. The number of methoxy groups -OCH3 is 1. The highest BCUT2D eigenvalue weighted by Gasteiger charge is 2.28. The zero-order valence-corrected chi connectivity index (χ0v) is 11.0. The first-order valence-electron chi connectivity index (χ1n) is 6.00. The van der Waals surface area contributed by atoms with Crippen molar-refractivity contribution in [1.29, 1.82) is 0 Å². The van der Waals surface area contributed by atoms with Gasteiger partial charge >= 0.3 is 0 Å². The number of carbonyl (C=O) groups is 1. The molecule has 1 amide bonds. The summed E-state index contributed by atoms with van der Waals surface area (Å²) in [7, 11) is 1.44. The highest BCUT2D eigenvalue weighted by atomic mass is 16.5. The van der Waals surface area contributed by atoms with Crippen molar-refractivity contribution in [3.63, 3.8) is 0 Å². The lowest BCUT2D eigenvalue weighted by atomic mass is 10.0. The second kappa shape index (κ2) is 5.42. The number of aliphatic hydroxyl groups is 1. The summed E-state index contributed by atoms with van der Waals surface area (Å²) in [6, 6.07) is 9.28. The van der Waals surface area contributed by atoms with Gasteiger partial charge in [-0.1, -0.05) is 18.2 Å². The fraction of sp³-hybridized carbons (Fsp3) is 0.357. The number of fused-ring (bicyclic) bond motifs is 1. The number of hydrogen-bond acceptors (Lipinski definition) is 4. The Balaban J connectivity index is 2.12. The maximum Gasteiger partial charge on any atom is 0.246 e. The van der Waals surface area contributed by atoms with Crippen molar-refractivity contribution in [2.45, 2.75) is 12.5 Å². The van der Waals surface area contributed by atoms with E-state index in [4.69, 9.17) is 9.15 Å². The van der Waals surface area contributed by atoms with E-state index in [0.717, 1.165) is 5.39 Å². The zero-order valence-electron chi connectivity index (χ0n) is 11.0. The fourth-order valence-corrected chi connectivity index (χ4v) is 1.79. The van der Waals surface area contributed by atoms with Crippen LogP contribution in [0.5, 0.6) is 0 Å². The lowest BCUT2D eigenvalue weighted by Gasteiger charge is -2.20. The SMILES string of the molecule is COCC(=O)NC[C@](C)(O)c1cc2ccccc2o1. The van der Waals surface area contributed by atoms with Gasteiger partial charge in [-0.25, -0.2) is 0 Å². The predicted molar refractivity (Wildman–Crippen MR) is 70.7 cm³/mol. The van der Waals surface area contributed by atoms with E-state index in [9.17, 15) is 9.90 Å². The van der Waals surface area contributed by atoms with Gasteiger partial charge in [0.1, 0.15) is 23.6 Å². The molecule has 2 aromatic rings. The quantitative estimate of drug-likeness (QED) is 0.855. The molecule has 5 heteroatoms. The minimum atomic E-state index is -1.26. The molecule has 1 heterocycles. The smallest absolute Gasteiger partial charge is 0.246 e. The van der Waals surface area contributed by atoms with Gasteiger partial charge in [-0.15, -0.1) is 0 Å². The Hall–Kier alpha value is -1.85. The fourth-order valence-electron chi connectivity index (χ4n) is 1.79. The van der Waals surface area contributed by atoms with E-state index in [1.165, 1.54) is 7.11 Å². The van der Waals surface area contributed by atoms with Crippen molar-refractivity contribution < 1.29 is 19.1 Å². The van der Waals surface area contributed by atoms with Gasteiger partial charge in [0.2, 0.25) is 5.91 Å². The van der Waals surface area contributed by atoms with E-state index < -0.39 is 5.60 Å². The molecule has 0 bridgehead atoms. The first kappa shape index (κ1) is 13.6. The summed E-state index contributed by atoms with van der Waals surface area (Å²) in [6.45, 7) is 1.63. The van der Waals surface area contributed by atoms with Gasteiger partial charge < -0.3 is 19.6 Å². The molecule has 0 fully saturated rings. The van der Waals surface area contributed by atoms with Crippen LogP contribution < -0.4 is 5.32 Å². The van der Waals surface area contributed by atoms with Crippen LogP contribution in [-0.2, 0) is 15.1 Å². The van der Waals surface area contributed by atoms with Crippen molar-refractivity contribution in [3.05, 3.63) is 36.1 Å². The number of carbonyl (C=O) groups excluding carboxylic acids is 1. The Morgan fingerprint density at radius 1 is 1.47 bits per heavy atom. The van der Waals surface area contributed by atoms with E-state index in [1.807, 2.05) is 24.3 Å². The molecular formula is C14H17NO4. The molecule has 5 nitrogen and oxygen atoms in total. The average Bonchev–Trinajstić information content (AvgIpc) is 2.81. The van der Waals surface area contributed by atoms with E-state index >= 15 is 0 Å². The summed E-state index contributed by atoms with van der Waals surface area (Å²) in [6.07, 6.45) is 0. The molecular weight excluding hydrogens is 246 g/mol. The number of amides is 1. The summed E-state index contributed by atoms with van der Waals surface area (Å²) in [4.78, 5) is 11.3. The van der Waals surface area contributed by atoms with Crippen molar-refractivity contribution in [2.75, 3.05) is 20.3 Å². The van der Waals surface area contributed by atoms with Gasteiger partial charge in [-0.3, -0.25) is 4.79 Å². The molecule has 0 unspecified atom stereocenters. The summed E-state index contributed by atoms with van der Waals surface area (Å²) < 4.78 is 10.3. The molecule has 0 spiro atoms. The monoisotopic (exact) mass is 263 g/mol. The number of rotatable bonds is 5. The Bertz CT molecular complexity index is 541. The Labute approximate surface area is 111 Å². The second-order valence-electron chi connectivity index (χ2n) is 4.63. The maximum absolute atomic E-state index is 11.3. The first-order chi connectivity index (χ1) is 9.03. The maximum atomic E-state index is 11.3. The molecule has 0 aliphatic carbocycles. The largest absolute Gasteiger partial charge is 0.458 e. The number of para-hydroxylation sites is 1. The van der Waals surface area contributed by atoms with Crippen LogP contribution in [0.25, 0.3) is 11.0 Å². The summed E-state index contributed by atoms with van der Waals surface area (Å²) >= 11 is 0. The third-order valence-electron chi connectivity index (χ3n) is 2.86. The third kappa shape index (κ3) is 3.13. The van der Waals surface area contributed by atoms with Gasteiger partial charge in [-0.05, 0) is 19.1 Å². The van der Waals surface area contributed by atoms with Gasteiger partial charge in [0, 0.05) is 12.5 Å². The second-order valence-corrected chi connectivity index (χ2v) is 4.63. The van der Waals surface area contributed by atoms with Crippen molar-refractivity contribution in [2.24, 2.45) is 0 Å². The molecule has 0 aliphatic rings. The van der Waals surface area contributed by atoms with Crippen molar-refractivity contribution in [1.82, 2.24) is 5.32 Å². The lowest BCUT2D eigenvalue weighted by Crippen LogP contribution is -2.39. The zero-order chi connectivity index (χ0) is 13.9. The number of hydrogen-bond donors (Lipinski definition) is 2. The van der Waals surface area contributed by atoms with Gasteiger partial charge in [0.05, 0.1) is 6.54 Å². The van der Waals surface area contributed by atoms with Gasteiger partial charge in [0.25, 0.3) is 0 Å². The first-order valence-corrected chi connectivity index (χ1v) is 6.00. The minimum absolute atomic E-state index is 0.0315. The molecule has 0 saturated heterocycles.